The van der Waals surface area contributed by atoms with Crippen molar-refractivity contribution >= 4 is 29.5 Å². The van der Waals surface area contributed by atoms with Gasteiger partial charge in [0.15, 0.2) is 0 Å². The number of nitrogens with zero attached hydrogens (tertiary/aromatic N) is 5. The van der Waals surface area contributed by atoms with Crippen LogP contribution in [0.3, 0.4) is 0 Å². The number of anilines is 1. The lowest BCUT2D eigenvalue weighted by Crippen LogP contribution is -2.52. The van der Waals surface area contributed by atoms with Crippen molar-refractivity contribution in [2.24, 2.45) is 10.4 Å². The number of aromatic amines is 1. The highest BCUT2D eigenvalue weighted by molar-refractivity contribution is 5.88. The van der Waals surface area contributed by atoms with E-state index in [4.69, 9.17) is 0 Å². The number of hydrogen-bond acceptors (Lipinski definition) is 5. The summed E-state index contributed by atoms with van der Waals surface area (Å²) >= 11 is 0. The average molecular weight is 352 g/mol. The quantitative estimate of drug-likeness (QED) is 0.854. The van der Waals surface area contributed by atoms with Gasteiger partial charge >= 0.3 is 0 Å². The zero-order valence-corrected chi connectivity index (χ0v) is 14.9. The third kappa shape index (κ3) is 2.19. The van der Waals surface area contributed by atoms with E-state index in [9.17, 15) is 4.79 Å². The third-order valence-electron chi connectivity index (χ3n) is 6.53. The molecule has 26 heavy (non-hydrogen) atoms. The van der Waals surface area contributed by atoms with Crippen LogP contribution in [0.1, 0.15) is 32.1 Å². The van der Waals surface area contributed by atoms with Crippen LogP contribution < -0.4 is 4.90 Å². The van der Waals surface area contributed by atoms with Crippen molar-refractivity contribution in [2.45, 2.75) is 37.6 Å². The van der Waals surface area contributed by atoms with E-state index >= 15 is 0 Å². The Morgan fingerprint density at radius 1 is 1.27 bits per heavy atom. The molecule has 1 saturated carbocycles. The zero-order valence-electron chi connectivity index (χ0n) is 14.9. The van der Waals surface area contributed by atoms with Gasteiger partial charge in [-0.1, -0.05) is 0 Å². The maximum absolute atomic E-state index is 13.3. The van der Waals surface area contributed by atoms with Crippen molar-refractivity contribution in [1.82, 2.24) is 19.9 Å². The molecule has 0 unspecified atom stereocenters. The number of H-pyrrole nitrogens is 1. The standard InChI is InChI=1S/C19H24N6O/c1-20-11-18(5-6-18)17(26)25-9-2-4-19(25)7-10-24(12-19)16-14-3-8-21-15(14)22-13-23-16/h3,8,13H,1-2,4-7,9-12H2,(H,21,22,23)/t19-/m0/s1. The van der Waals surface area contributed by atoms with E-state index < -0.39 is 0 Å². The molecule has 0 radical (unpaired) electrons. The number of amides is 1. The highest BCUT2D eigenvalue weighted by atomic mass is 16.2. The number of aromatic nitrogens is 3. The molecule has 2 saturated heterocycles. The van der Waals surface area contributed by atoms with Crippen LogP contribution >= 0.6 is 0 Å². The molecule has 3 aliphatic rings. The SMILES string of the molecule is C=NCC1(C(=O)N2CCC[C@@]23CCN(c2ncnc4[nH]ccc24)C3)CC1. The van der Waals surface area contributed by atoms with Crippen molar-refractivity contribution in [3.05, 3.63) is 18.6 Å². The number of rotatable bonds is 4. The molecule has 7 heteroatoms. The van der Waals surface area contributed by atoms with Crippen molar-refractivity contribution in [3.8, 4) is 0 Å². The molecule has 0 bridgehead atoms. The summed E-state index contributed by atoms with van der Waals surface area (Å²) < 4.78 is 0. The molecule has 1 amide bonds. The van der Waals surface area contributed by atoms with E-state index in [1.807, 2.05) is 12.3 Å². The number of likely N-dealkylation sites (tertiary alicyclic amines) is 1. The zero-order chi connectivity index (χ0) is 17.8. The van der Waals surface area contributed by atoms with Crippen molar-refractivity contribution in [2.75, 3.05) is 31.1 Å². The van der Waals surface area contributed by atoms with E-state index in [0.29, 0.717) is 12.5 Å². The summed E-state index contributed by atoms with van der Waals surface area (Å²) in [6, 6.07) is 2.03. The lowest BCUT2D eigenvalue weighted by Gasteiger charge is -2.37. The van der Waals surface area contributed by atoms with Crippen LogP contribution in [0.5, 0.6) is 0 Å². The Kier molecular flexibility index (Phi) is 3.36. The Hall–Kier alpha value is -2.44. The molecule has 2 aromatic rings. The van der Waals surface area contributed by atoms with Gasteiger partial charge in [-0.3, -0.25) is 9.79 Å². The fourth-order valence-corrected chi connectivity index (χ4v) is 4.92. The number of carbonyl (C=O) groups is 1. The lowest BCUT2D eigenvalue weighted by atomic mass is 9.93. The van der Waals surface area contributed by atoms with Crippen molar-refractivity contribution in [1.29, 1.82) is 0 Å². The van der Waals surface area contributed by atoms with Gasteiger partial charge in [0.1, 0.15) is 17.8 Å². The van der Waals surface area contributed by atoms with Crippen LogP contribution in [0.25, 0.3) is 11.0 Å². The van der Waals surface area contributed by atoms with Gasteiger partial charge in [0.25, 0.3) is 0 Å². The first-order chi connectivity index (χ1) is 12.7. The van der Waals surface area contributed by atoms with Gasteiger partial charge in [-0.25, -0.2) is 9.97 Å². The second-order valence-corrected chi connectivity index (χ2v) is 8.06. The van der Waals surface area contributed by atoms with Crippen LogP contribution in [0.15, 0.2) is 23.6 Å². The molecule has 1 spiro atoms. The molecule has 136 valence electrons. The molecular formula is C19H24N6O. The first kappa shape index (κ1) is 15.8. The molecular weight excluding hydrogens is 328 g/mol. The number of nitrogens with one attached hydrogen (secondary N) is 1. The first-order valence-electron chi connectivity index (χ1n) is 9.45. The summed E-state index contributed by atoms with van der Waals surface area (Å²) in [6.07, 6.45) is 8.60. The fraction of sp³-hybridized carbons (Fsp3) is 0.579. The number of fused-ring (bicyclic) bond motifs is 1. The van der Waals surface area contributed by atoms with E-state index in [1.54, 1.807) is 6.33 Å². The molecule has 1 aliphatic carbocycles. The van der Waals surface area contributed by atoms with Crippen molar-refractivity contribution in [3.63, 3.8) is 0 Å². The Bertz CT molecular complexity index is 872. The minimum atomic E-state index is -0.255. The molecule has 2 aromatic heterocycles. The van der Waals surface area contributed by atoms with Gasteiger partial charge in [0.2, 0.25) is 5.91 Å². The van der Waals surface area contributed by atoms with Crippen LogP contribution in [-0.4, -0.2) is 64.2 Å². The monoisotopic (exact) mass is 352 g/mol. The van der Waals surface area contributed by atoms with Crippen LogP contribution in [0.2, 0.25) is 0 Å². The highest BCUT2D eigenvalue weighted by Gasteiger charge is 2.57. The molecule has 4 heterocycles. The average Bonchev–Trinajstić information content (AvgIpc) is 3.05. The summed E-state index contributed by atoms with van der Waals surface area (Å²) in [6.45, 7) is 6.83. The second kappa shape index (κ2) is 5.53. The van der Waals surface area contributed by atoms with E-state index in [0.717, 1.165) is 68.6 Å². The maximum Gasteiger partial charge on any atom is 0.231 e. The highest BCUT2D eigenvalue weighted by Crippen LogP contribution is 2.51. The van der Waals surface area contributed by atoms with E-state index in [1.165, 1.54) is 0 Å². The second-order valence-electron chi connectivity index (χ2n) is 8.06. The maximum atomic E-state index is 13.3. The third-order valence-corrected chi connectivity index (χ3v) is 6.53. The van der Waals surface area contributed by atoms with Crippen molar-refractivity contribution < 1.29 is 4.79 Å². The number of aliphatic imine (C=N–C) groups is 1. The number of carbonyl (C=O) groups excluding carboxylic acids is 1. The Labute approximate surface area is 152 Å². The molecule has 7 nitrogen and oxygen atoms in total. The van der Waals surface area contributed by atoms with Gasteiger partial charge in [-0.05, 0) is 44.9 Å². The van der Waals surface area contributed by atoms with E-state index in [-0.39, 0.29) is 11.0 Å². The molecule has 5 rings (SSSR count). The van der Waals surface area contributed by atoms with Crippen LogP contribution in [-0.2, 0) is 4.79 Å². The van der Waals surface area contributed by atoms with Crippen LogP contribution in [0.4, 0.5) is 5.82 Å². The predicted molar refractivity (Wildman–Crippen MR) is 100 cm³/mol. The largest absolute Gasteiger partial charge is 0.354 e. The first-order valence-corrected chi connectivity index (χ1v) is 9.45. The van der Waals surface area contributed by atoms with E-state index in [2.05, 4.69) is 36.5 Å². The normalized spacial score (nSPS) is 26.8. The number of hydrogen-bond donors (Lipinski definition) is 1. The Morgan fingerprint density at radius 2 is 2.15 bits per heavy atom. The van der Waals surface area contributed by atoms with Gasteiger partial charge in [0, 0.05) is 25.8 Å². The summed E-state index contributed by atoms with van der Waals surface area (Å²) in [7, 11) is 0. The Morgan fingerprint density at radius 3 is 2.96 bits per heavy atom. The molecule has 2 aliphatic heterocycles. The molecule has 0 aromatic carbocycles. The summed E-state index contributed by atoms with van der Waals surface area (Å²) in [5.74, 6) is 1.28. The smallest absolute Gasteiger partial charge is 0.231 e. The Balaban J connectivity index is 1.42. The summed E-state index contributed by atoms with van der Waals surface area (Å²) in [5, 5.41) is 1.05. The van der Waals surface area contributed by atoms with Crippen LogP contribution in [0, 0.1) is 5.41 Å². The topological polar surface area (TPSA) is 77.5 Å². The minimum absolute atomic E-state index is 0.0541. The molecule has 1 N–H and O–H groups in total. The molecule has 1 atom stereocenters. The predicted octanol–water partition coefficient (Wildman–Crippen LogP) is 2.01. The summed E-state index contributed by atoms with van der Waals surface area (Å²) in [5.41, 5.74) is 0.556. The fourth-order valence-electron chi connectivity index (χ4n) is 4.92. The summed E-state index contributed by atoms with van der Waals surface area (Å²) in [4.78, 5) is 33.8. The van der Waals surface area contributed by atoms with Gasteiger partial charge in [-0.2, -0.15) is 0 Å². The van der Waals surface area contributed by atoms with Gasteiger partial charge < -0.3 is 14.8 Å². The lowest BCUT2D eigenvalue weighted by molar-refractivity contribution is -0.140. The van der Waals surface area contributed by atoms with Gasteiger partial charge in [0.05, 0.1) is 22.9 Å². The molecule has 3 fully saturated rings. The van der Waals surface area contributed by atoms with Gasteiger partial charge in [-0.15, -0.1) is 0 Å². The minimum Gasteiger partial charge on any atom is -0.354 e.